The molecule has 0 aliphatic heterocycles. The number of aromatic amines is 1. The Kier molecular flexibility index (Phi) is 3.80. The molecule has 0 spiro atoms. The van der Waals surface area contributed by atoms with E-state index >= 15 is 0 Å². The Balaban J connectivity index is 1.64. The molecular formula is C18H12F3N5. The van der Waals surface area contributed by atoms with E-state index in [1.165, 1.54) is 12.1 Å². The summed E-state index contributed by atoms with van der Waals surface area (Å²) in [4.78, 5) is 15.7. The van der Waals surface area contributed by atoms with E-state index < -0.39 is 11.7 Å². The van der Waals surface area contributed by atoms with Crippen LogP contribution in [0.25, 0.3) is 22.3 Å². The van der Waals surface area contributed by atoms with Gasteiger partial charge in [0, 0.05) is 17.4 Å². The van der Waals surface area contributed by atoms with Gasteiger partial charge in [0.05, 0.1) is 28.6 Å². The van der Waals surface area contributed by atoms with Gasteiger partial charge in [-0.15, -0.1) is 0 Å². The van der Waals surface area contributed by atoms with Crippen molar-refractivity contribution in [3.8, 4) is 11.3 Å². The Hall–Kier alpha value is -3.42. The molecule has 0 saturated carbocycles. The first-order valence-electron chi connectivity index (χ1n) is 7.70. The summed E-state index contributed by atoms with van der Waals surface area (Å²) in [5.74, 6) is 0.214. The Morgan fingerprint density at radius 1 is 0.962 bits per heavy atom. The fourth-order valence-electron chi connectivity index (χ4n) is 2.58. The standard InChI is InChI=1S/C18H12F3N5/c19-18(20,21)12-2-1-3-13(9-12)25-17-22-7-6-14(26-17)11-4-5-15-16(8-11)24-10-23-15/h1-10H,(H,23,24)(H,22,25,26). The van der Waals surface area contributed by atoms with Crippen LogP contribution < -0.4 is 5.32 Å². The van der Waals surface area contributed by atoms with Crippen LogP contribution in [-0.4, -0.2) is 19.9 Å². The Bertz CT molecular complexity index is 1070. The zero-order valence-electron chi connectivity index (χ0n) is 13.2. The number of halogens is 3. The molecule has 8 heteroatoms. The number of hydrogen-bond acceptors (Lipinski definition) is 4. The molecule has 0 amide bonds. The lowest BCUT2D eigenvalue weighted by molar-refractivity contribution is -0.137. The lowest BCUT2D eigenvalue weighted by atomic mass is 10.1. The largest absolute Gasteiger partial charge is 0.416 e. The van der Waals surface area contributed by atoms with Crippen molar-refractivity contribution in [3.63, 3.8) is 0 Å². The van der Waals surface area contributed by atoms with Crippen LogP contribution >= 0.6 is 0 Å². The zero-order chi connectivity index (χ0) is 18.1. The topological polar surface area (TPSA) is 66.5 Å². The average Bonchev–Trinajstić information content (AvgIpc) is 3.09. The summed E-state index contributed by atoms with van der Waals surface area (Å²) in [6.45, 7) is 0. The highest BCUT2D eigenvalue weighted by molar-refractivity contribution is 5.80. The molecule has 26 heavy (non-hydrogen) atoms. The van der Waals surface area contributed by atoms with Gasteiger partial charge < -0.3 is 10.3 Å². The van der Waals surface area contributed by atoms with Crippen molar-refractivity contribution in [2.45, 2.75) is 6.18 Å². The summed E-state index contributed by atoms with van der Waals surface area (Å²) in [5.41, 5.74) is 2.73. The van der Waals surface area contributed by atoms with E-state index in [0.29, 0.717) is 5.69 Å². The second-order valence-electron chi connectivity index (χ2n) is 5.60. The molecule has 0 radical (unpaired) electrons. The van der Waals surface area contributed by atoms with Crippen LogP contribution in [0.5, 0.6) is 0 Å². The van der Waals surface area contributed by atoms with Crippen LogP contribution in [0.1, 0.15) is 5.56 Å². The molecule has 0 aliphatic carbocycles. The Labute approximate surface area is 146 Å². The number of H-pyrrole nitrogens is 1. The maximum atomic E-state index is 12.8. The molecule has 0 fully saturated rings. The van der Waals surface area contributed by atoms with Gasteiger partial charge in [0.2, 0.25) is 5.95 Å². The molecule has 0 bridgehead atoms. The van der Waals surface area contributed by atoms with E-state index in [4.69, 9.17) is 0 Å². The zero-order valence-corrected chi connectivity index (χ0v) is 13.2. The minimum absolute atomic E-state index is 0.214. The van der Waals surface area contributed by atoms with Crippen molar-refractivity contribution in [3.05, 3.63) is 66.6 Å². The van der Waals surface area contributed by atoms with E-state index in [-0.39, 0.29) is 11.6 Å². The molecule has 130 valence electrons. The van der Waals surface area contributed by atoms with Crippen LogP contribution in [0.15, 0.2) is 61.1 Å². The number of nitrogens with zero attached hydrogens (tertiary/aromatic N) is 3. The highest BCUT2D eigenvalue weighted by Crippen LogP contribution is 2.31. The number of nitrogens with one attached hydrogen (secondary N) is 2. The molecular weight excluding hydrogens is 343 g/mol. The number of anilines is 2. The average molecular weight is 355 g/mol. The summed E-state index contributed by atoms with van der Waals surface area (Å²) in [7, 11) is 0. The number of alkyl halides is 3. The second kappa shape index (κ2) is 6.14. The van der Waals surface area contributed by atoms with E-state index in [1.807, 2.05) is 18.2 Å². The van der Waals surface area contributed by atoms with Gasteiger partial charge in [-0.25, -0.2) is 15.0 Å². The third kappa shape index (κ3) is 3.21. The molecule has 0 saturated heterocycles. The van der Waals surface area contributed by atoms with Crippen molar-refractivity contribution in [2.24, 2.45) is 0 Å². The van der Waals surface area contributed by atoms with E-state index in [2.05, 4.69) is 25.3 Å². The summed E-state index contributed by atoms with van der Waals surface area (Å²) < 4.78 is 38.5. The maximum absolute atomic E-state index is 12.8. The number of rotatable bonds is 3. The molecule has 2 heterocycles. The minimum atomic E-state index is -4.40. The molecule has 4 aromatic rings. The summed E-state index contributed by atoms with van der Waals surface area (Å²) in [6.07, 6.45) is -1.25. The Morgan fingerprint density at radius 2 is 1.85 bits per heavy atom. The Morgan fingerprint density at radius 3 is 2.69 bits per heavy atom. The first kappa shape index (κ1) is 16.1. The first-order valence-corrected chi connectivity index (χ1v) is 7.70. The number of aromatic nitrogens is 4. The number of benzene rings is 2. The molecule has 2 N–H and O–H groups in total. The van der Waals surface area contributed by atoms with Crippen LogP contribution in [0.2, 0.25) is 0 Å². The molecule has 5 nitrogen and oxygen atoms in total. The van der Waals surface area contributed by atoms with Gasteiger partial charge in [-0.3, -0.25) is 0 Å². The maximum Gasteiger partial charge on any atom is 0.416 e. The van der Waals surface area contributed by atoms with Gasteiger partial charge in [-0.1, -0.05) is 12.1 Å². The smallest absolute Gasteiger partial charge is 0.345 e. The summed E-state index contributed by atoms with van der Waals surface area (Å²) in [5, 5.41) is 2.82. The predicted octanol–water partition coefficient (Wildman–Crippen LogP) is 4.78. The molecule has 4 rings (SSSR count). The van der Waals surface area contributed by atoms with Crippen LogP contribution in [0.4, 0.5) is 24.8 Å². The highest BCUT2D eigenvalue weighted by Gasteiger charge is 2.30. The van der Waals surface area contributed by atoms with Crippen molar-refractivity contribution in [1.82, 2.24) is 19.9 Å². The lowest BCUT2D eigenvalue weighted by Crippen LogP contribution is -2.05. The SMILES string of the molecule is FC(F)(F)c1cccc(Nc2nccc(-c3ccc4nc[nH]c4c3)n2)c1. The number of fused-ring (bicyclic) bond motifs is 1. The second-order valence-corrected chi connectivity index (χ2v) is 5.60. The van der Waals surface area contributed by atoms with Crippen LogP contribution in [-0.2, 0) is 6.18 Å². The minimum Gasteiger partial charge on any atom is -0.345 e. The quantitative estimate of drug-likeness (QED) is 0.555. The number of hydrogen-bond donors (Lipinski definition) is 2. The third-order valence-electron chi connectivity index (χ3n) is 3.82. The lowest BCUT2D eigenvalue weighted by Gasteiger charge is -2.10. The molecule has 2 aromatic carbocycles. The van der Waals surface area contributed by atoms with Gasteiger partial charge in [0.25, 0.3) is 0 Å². The van der Waals surface area contributed by atoms with Crippen molar-refractivity contribution >= 4 is 22.7 Å². The van der Waals surface area contributed by atoms with E-state index in [0.717, 1.165) is 28.7 Å². The molecule has 0 atom stereocenters. The van der Waals surface area contributed by atoms with Crippen LogP contribution in [0, 0.1) is 0 Å². The van der Waals surface area contributed by atoms with E-state index in [1.54, 1.807) is 18.6 Å². The normalized spacial score (nSPS) is 11.7. The molecule has 0 unspecified atom stereocenters. The fourth-order valence-corrected chi connectivity index (χ4v) is 2.58. The van der Waals surface area contributed by atoms with Gasteiger partial charge in [-0.2, -0.15) is 13.2 Å². The molecule has 2 aromatic heterocycles. The van der Waals surface area contributed by atoms with Crippen molar-refractivity contribution in [2.75, 3.05) is 5.32 Å². The van der Waals surface area contributed by atoms with Crippen molar-refractivity contribution < 1.29 is 13.2 Å². The highest BCUT2D eigenvalue weighted by atomic mass is 19.4. The van der Waals surface area contributed by atoms with Gasteiger partial charge in [0.1, 0.15) is 0 Å². The van der Waals surface area contributed by atoms with Crippen molar-refractivity contribution in [1.29, 1.82) is 0 Å². The number of imidazole rings is 1. The van der Waals surface area contributed by atoms with Crippen LogP contribution in [0.3, 0.4) is 0 Å². The monoisotopic (exact) mass is 355 g/mol. The predicted molar refractivity (Wildman–Crippen MR) is 91.8 cm³/mol. The fraction of sp³-hybridized carbons (Fsp3) is 0.0556. The molecule has 0 aliphatic rings. The first-order chi connectivity index (χ1) is 12.5. The van der Waals surface area contributed by atoms with Gasteiger partial charge in [0.15, 0.2) is 0 Å². The van der Waals surface area contributed by atoms with Gasteiger partial charge >= 0.3 is 6.18 Å². The van der Waals surface area contributed by atoms with E-state index in [9.17, 15) is 13.2 Å². The summed E-state index contributed by atoms with van der Waals surface area (Å²) >= 11 is 0. The van der Waals surface area contributed by atoms with Gasteiger partial charge in [-0.05, 0) is 36.4 Å². The third-order valence-corrected chi connectivity index (χ3v) is 3.82. The summed E-state index contributed by atoms with van der Waals surface area (Å²) in [6, 6.07) is 12.3.